The van der Waals surface area contributed by atoms with Crippen LogP contribution >= 0.6 is 0 Å². The second-order valence-electron chi connectivity index (χ2n) is 9.03. The molecule has 0 radical (unpaired) electrons. The molecule has 142 valence electrons. The van der Waals surface area contributed by atoms with Crippen molar-refractivity contribution in [3.8, 4) is 0 Å². The first-order valence-corrected chi connectivity index (χ1v) is 11.4. The van der Waals surface area contributed by atoms with Crippen molar-refractivity contribution >= 4 is 21.6 Å². The van der Waals surface area contributed by atoms with E-state index in [-0.39, 0.29) is 5.91 Å². The maximum absolute atomic E-state index is 12.9. The third kappa shape index (κ3) is 3.61. The Morgan fingerprint density at radius 2 is 1.73 bits per heavy atom. The lowest BCUT2D eigenvalue weighted by Crippen LogP contribution is -2.51. The van der Waals surface area contributed by atoms with E-state index in [1.165, 1.54) is 38.5 Å². The van der Waals surface area contributed by atoms with Gasteiger partial charge in [-0.3, -0.25) is 9.52 Å². The predicted molar refractivity (Wildman–Crippen MR) is 102 cm³/mol. The second-order valence-corrected chi connectivity index (χ2v) is 10.8. The molecule has 5 rings (SSSR count). The zero-order chi connectivity index (χ0) is 18.5. The molecule has 0 aliphatic heterocycles. The van der Waals surface area contributed by atoms with Crippen LogP contribution in [0.2, 0.25) is 0 Å². The molecule has 0 atom stereocenters. The fourth-order valence-electron chi connectivity index (χ4n) is 6.21. The lowest BCUT2D eigenvalue weighted by atomic mass is 9.49. The lowest BCUT2D eigenvalue weighted by molar-refractivity contribution is -0.0629. The Morgan fingerprint density at radius 1 is 1.15 bits per heavy atom. The first-order valence-electron chi connectivity index (χ1n) is 9.55. The summed E-state index contributed by atoms with van der Waals surface area (Å²) < 4.78 is 25.3. The van der Waals surface area contributed by atoms with Crippen LogP contribution in [-0.4, -0.2) is 39.1 Å². The minimum absolute atomic E-state index is 0.0297. The predicted octanol–water partition coefficient (Wildman–Crippen LogP) is 3.35. The van der Waals surface area contributed by atoms with Crippen LogP contribution in [0, 0.1) is 23.2 Å². The normalized spacial score (nSPS) is 32.5. The summed E-state index contributed by atoms with van der Waals surface area (Å²) in [5.41, 5.74) is 1.27. The summed E-state index contributed by atoms with van der Waals surface area (Å²) in [5, 5.41) is 0. The monoisotopic (exact) mass is 376 g/mol. The minimum Gasteiger partial charge on any atom is -0.341 e. The highest BCUT2D eigenvalue weighted by atomic mass is 32.2. The zero-order valence-corrected chi connectivity index (χ0v) is 16.4. The number of hydrogen-bond acceptors (Lipinski definition) is 3. The van der Waals surface area contributed by atoms with Crippen LogP contribution in [0.1, 0.15) is 48.9 Å². The van der Waals surface area contributed by atoms with E-state index in [0.29, 0.717) is 16.7 Å². The molecule has 26 heavy (non-hydrogen) atoms. The number of nitrogens with zero attached hydrogens (tertiary/aromatic N) is 1. The number of nitrogens with one attached hydrogen (secondary N) is 1. The number of sulfonamides is 1. The van der Waals surface area contributed by atoms with Crippen LogP contribution in [0.25, 0.3) is 0 Å². The average molecular weight is 377 g/mol. The average Bonchev–Trinajstić information content (AvgIpc) is 2.51. The number of anilines is 1. The number of amides is 1. The van der Waals surface area contributed by atoms with E-state index in [0.717, 1.165) is 30.6 Å². The van der Waals surface area contributed by atoms with Crippen LogP contribution in [0.4, 0.5) is 5.69 Å². The van der Waals surface area contributed by atoms with Crippen LogP contribution in [-0.2, 0) is 10.0 Å². The van der Waals surface area contributed by atoms with Gasteiger partial charge in [0.1, 0.15) is 0 Å². The molecule has 0 unspecified atom stereocenters. The van der Waals surface area contributed by atoms with E-state index in [2.05, 4.69) is 4.72 Å². The van der Waals surface area contributed by atoms with Gasteiger partial charge < -0.3 is 4.90 Å². The largest absolute Gasteiger partial charge is 0.341 e. The van der Waals surface area contributed by atoms with Gasteiger partial charge in [-0.2, -0.15) is 0 Å². The van der Waals surface area contributed by atoms with Crippen molar-refractivity contribution in [3.05, 3.63) is 29.8 Å². The first kappa shape index (κ1) is 17.8. The zero-order valence-electron chi connectivity index (χ0n) is 15.6. The molecule has 4 aliphatic carbocycles. The summed E-state index contributed by atoms with van der Waals surface area (Å²) in [6.07, 6.45) is 9.12. The SMILES string of the molecule is CN(CC12CC3CC(CC(C3)C1)C2)C(=O)c1cccc(NS(C)(=O)=O)c1. The van der Waals surface area contributed by atoms with Gasteiger partial charge in [0.25, 0.3) is 5.91 Å². The van der Waals surface area contributed by atoms with Gasteiger partial charge in [-0.1, -0.05) is 6.07 Å². The molecule has 5 nitrogen and oxygen atoms in total. The Labute approximate surface area is 156 Å². The fraction of sp³-hybridized carbons (Fsp3) is 0.650. The van der Waals surface area contributed by atoms with Gasteiger partial charge in [0.2, 0.25) is 10.0 Å². The fourth-order valence-corrected chi connectivity index (χ4v) is 6.76. The Hall–Kier alpha value is -1.56. The van der Waals surface area contributed by atoms with Gasteiger partial charge in [-0.15, -0.1) is 0 Å². The van der Waals surface area contributed by atoms with Gasteiger partial charge >= 0.3 is 0 Å². The molecule has 1 amide bonds. The van der Waals surface area contributed by atoms with E-state index >= 15 is 0 Å². The molecule has 0 aromatic heterocycles. The van der Waals surface area contributed by atoms with E-state index in [9.17, 15) is 13.2 Å². The molecule has 1 N–H and O–H groups in total. The molecule has 0 heterocycles. The van der Waals surface area contributed by atoms with Crippen molar-refractivity contribution in [2.24, 2.45) is 23.2 Å². The topological polar surface area (TPSA) is 66.5 Å². The quantitative estimate of drug-likeness (QED) is 0.857. The van der Waals surface area contributed by atoms with Gasteiger partial charge in [0, 0.05) is 24.8 Å². The van der Waals surface area contributed by atoms with Crippen LogP contribution in [0.15, 0.2) is 24.3 Å². The van der Waals surface area contributed by atoms with E-state index < -0.39 is 10.0 Å². The van der Waals surface area contributed by atoms with Crippen molar-refractivity contribution in [2.45, 2.75) is 38.5 Å². The molecular formula is C20H28N2O3S. The van der Waals surface area contributed by atoms with Crippen molar-refractivity contribution in [1.29, 1.82) is 0 Å². The Kier molecular flexibility index (Phi) is 4.29. The maximum Gasteiger partial charge on any atom is 0.253 e. The molecular weight excluding hydrogens is 348 g/mol. The number of rotatable bonds is 5. The first-order chi connectivity index (χ1) is 12.2. The Morgan fingerprint density at radius 3 is 2.27 bits per heavy atom. The highest BCUT2D eigenvalue weighted by Gasteiger charge is 2.51. The van der Waals surface area contributed by atoms with Gasteiger partial charge in [0.15, 0.2) is 0 Å². The summed E-state index contributed by atoms with van der Waals surface area (Å²) in [7, 11) is -1.46. The van der Waals surface area contributed by atoms with Crippen molar-refractivity contribution in [3.63, 3.8) is 0 Å². The smallest absolute Gasteiger partial charge is 0.253 e. The van der Waals surface area contributed by atoms with Gasteiger partial charge in [-0.05, 0) is 79.9 Å². The molecule has 4 bridgehead atoms. The summed E-state index contributed by atoms with van der Waals surface area (Å²) in [4.78, 5) is 14.8. The number of carbonyl (C=O) groups is 1. The summed E-state index contributed by atoms with van der Waals surface area (Å²) in [5.74, 6) is 2.57. The van der Waals surface area contributed by atoms with E-state index in [4.69, 9.17) is 0 Å². The molecule has 1 aromatic rings. The molecule has 1 aromatic carbocycles. The van der Waals surface area contributed by atoms with Gasteiger partial charge in [-0.25, -0.2) is 8.42 Å². The van der Waals surface area contributed by atoms with E-state index in [1.54, 1.807) is 24.3 Å². The second kappa shape index (κ2) is 6.25. The molecule has 4 saturated carbocycles. The number of carbonyl (C=O) groups excluding carboxylic acids is 1. The highest BCUT2D eigenvalue weighted by molar-refractivity contribution is 7.92. The van der Waals surface area contributed by atoms with Crippen LogP contribution < -0.4 is 4.72 Å². The molecule has 6 heteroatoms. The third-order valence-corrected chi connectivity index (χ3v) is 7.10. The summed E-state index contributed by atoms with van der Waals surface area (Å²) in [6.45, 7) is 0.819. The molecule has 4 fully saturated rings. The highest BCUT2D eigenvalue weighted by Crippen LogP contribution is 2.60. The van der Waals surface area contributed by atoms with Crippen LogP contribution in [0.3, 0.4) is 0 Å². The number of hydrogen-bond donors (Lipinski definition) is 1. The lowest BCUT2D eigenvalue weighted by Gasteiger charge is -2.57. The van der Waals surface area contributed by atoms with Crippen LogP contribution in [0.5, 0.6) is 0 Å². The van der Waals surface area contributed by atoms with Gasteiger partial charge in [0.05, 0.1) is 6.26 Å². The number of benzene rings is 1. The van der Waals surface area contributed by atoms with Crippen molar-refractivity contribution in [2.75, 3.05) is 24.6 Å². The van der Waals surface area contributed by atoms with E-state index in [1.807, 2.05) is 11.9 Å². The Balaban J connectivity index is 1.48. The third-order valence-electron chi connectivity index (χ3n) is 6.50. The summed E-state index contributed by atoms with van der Waals surface area (Å²) in [6, 6.07) is 6.77. The van der Waals surface area contributed by atoms with Crippen molar-refractivity contribution in [1.82, 2.24) is 4.90 Å². The standard InChI is InChI=1S/C20H28N2O3S/c1-22(13-20-10-14-6-15(11-20)8-16(7-14)12-20)19(23)17-4-3-5-18(9-17)21-26(2,24)25/h3-5,9,14-16,21H,6-8,10-13H2,1-2H3. The molecule has 0 saturated heterocycles. The molecule has 4 aliphatic rings. The maximum atomic E-state index is 12.9. The minimum atomic E-state index is -3.35. The Bertz CT molecular complexity index is 783. The molecule has 0 spiro atoms. The summed E-state index contributed by atoms with van der Waals surface area (Å²) >= 11 is 0. The van der Waals surface area contributed by atoms with Crippen molar-refractivity contribution < 1.29 is 13.2 Å².